The normalized spacial score (nSPS) is 12.2. The summed E-state index contributed by atoms with van der Waals surface area (Å²) in [5.41, 5.74) is 14.5. The Kier molecular flexibility index (Phi) is 26.6. The molecule has 0 unspecified atom stereocenters. The summed E-state index contributed by atoms with van der Waals surface area (Å²) in [6.07, 6.45) is 8.29. The van der Waals surface area contributed by atoms with Crippen molar-refractivity contribution in [3.05, 3.63) is 184 Å². The van der Waals surface area contributed by atoms with Gasteiger partial charge in [-0.2, -0.15) is 0 Å². The van der Waals surface area contributed by atoms with Gasteiger partial charge in [0.15, 0.2) is 0 Å². The molecule has 0 bridgehead atoms. The molecule has 1 saturated carbocycles. The zero-order valence-corrected chi connectivity index (χ0v) is 52.9. The van der Waals surface area contributed by atoms with Crippen LogP contribution in [-0.4, -0.2) is 75.6 Å². The maximum Gasteiger partial charge on any atom is 0.314 e. The van der Waals surface area contributed by atoms with E-state index in [2.05, 4.69) is 134 Å². The lowest BCUT2D eigenvalue weighted by atomic mass is 9.86. The number of aryl methyl sites for hydroxylation is 5. The first-order chi connectivity index (χ1) is 39.7. The van der Waals surface area contributed by atoms with Gasteiger partial charge < -0.3 is 24.7 Å². The number of carboxylic acids is 2. The highest BCUT2D eigenvalue weighted by Gasteiger charge is 2.52. The standard InChI is InChI=1S/C25H30N2O3.C24H30N2O4.2C12H18/c1-4-27(18(3)28)23(26)10-6-8-19-7-5-9-20(15-19)21-12-11-17(2)22(16-21)25(13-14-25)24(29)30;1-4-23(27)26(5-2)22(25)11-7-9-17-8-6-10-18(14-17)19-12-13-21(30-3)20(15-19)16-24(28)29;2*1-5-10-6-8-11(9-7-10)12(2,3)4/h5,7,9,11-12,15-16,26H,4,6,8,10,13-14H2,1-3H3,(H,29,30);6,8,10,12-15,25H,4-5,7,9,11,16H2,1-3H3,(H,28,29);2*6-9H,5H2,1-4H3. The van der Waals surface area contributed by atoms with Crippen molar-refractivity contribution in [2.24, 2.45) is 0 Å². The van der Waals surface area contributed by atoms with Gasteiger partial charge in [0.25, 0.3) is 0 Å². The van der Waals surface area contributed by atoms with E-state index in [4.69, 9.17) is 20.7 Å². The molecule has 6 aromatic carbocycles. The van der Waals surface area contributed by atoms with Crippen LogP contribution >= 0.6 is 0 Å². The maximum atomic E-state index is 11.9. The molecular formula is C73H96N4O7. The number of carbonyl (C=O) groups is 4. The molecule has 0 radical (unpaired) electrons. The predicted octanol–water partition coefficient (Wildman–Crippen LogP) is 16.6. The number of benzene rings is 6. The number of ether oxygens (including phenoxy) is 1. The molecule has 7 rings (SSSR count). The van der Waals surface area contributed by atoms with Gasteiger partial charge in [-0.1, -0.05) is 178 Å². The van der Waals surface area contributed by atoms with Crippen LogP contribution in [0.15, 0.2) is 133 Å². The molecule has 11 heteroatoms. The van der Waals surface area contributed by atoms with Crippen LogP contribution in [0.5, 0.6) is 5.75 Å². The SMILES string of the molecule is CCC(=O)N(CC)C(=N)CCCc1cccc(-c2ccc(OC)c(CC(=O)O)c2)c1.CCN(C(=N)CCCc1cccc(-c2ccc(C)c(C3(C(=O)O)CC3)c2)c1)C(C)=O.CCc1ccc(C(C)(C)C)cc1.CCc1ccc(C(C)(C)C)cc1. The van der Waals surface area contributed by atoms with E-state index in [0.29, 0.717) is 68.2 Å². The second-order valence-electron chi connectivity index (χ2n) is 23.9. The number of nitrogens with one attached hydrogen (secondary N) is 2. The minimum absolute atomic E-state index is 0.0128. The summed E-state index contributed by atoms with van der Waals surface area (Å²) in [7, 11) is 1.53. The van der Waals surface area contributed by atoms with Gasteiger partial charge in [-0.3, -0.25) is 30.0 Å². The van der Waals surface area contributed by atoms with Crippen molar-refractivity contribution in [3.8, 4) is 28.0 Å². The molecule has 0 saturated heterocycles. The molecule has 11 nitrogen and oxygen atoms in total. The molecule has 1 aliphatic rings. The van der Waals surface area contributed by atoms with Crippen LogP contribution in [0.1, 0.15) is 178 Å². The number of hydrogen-bond acceptors (Lipinski definition) is 7. The number of nitrogens with zero attached hydrogens (tertiary/aromatic N) is 2. The Morgan fingerprint density at radius 2 is 1.01 bits per heavy atom. The number of amides is 2. The monoisotopic (exact) mass is 1140 g/mol. The molecule has 0 spiro atoms. The molecule has 0 aromatic heterocycles. The van der Waals surface area contributed by atoms with E-state index in [0.717, 1.165) is 77.5 Å². The fourth-order valence-corrected chi connectivity index (χ4v) is 10.1. The fourth-order valence-electron chi connectivity index (χ4n) is 10.1. The number of amidine groups is 2. The summed E-state index contributed by atoms with van der Waals surface area (Å²) >= 11 is 0. The molecular weight excluding hydrogens is 1040 g/mol. The van der Waals surface area contributed by atoms with Crippen molar-refractivity contribution in [3.63, 3.8) is 0 Å². The highest BCUT2D eigenvalue weighted by Crippen LogP contribution is 2.50. The van der Waals surface area contributed by atoms with Gasteiger partial charge in [-0.05, 0) is 168 Å². The van der Waals surface area contributed by atoms with Gasteiger partial charge in [0.2, 0.25) is 11.8 Å². The second-order valence-corrected chi connectivity index (χ2v) is 23.9. The van der Waals surface area contributed by atoms with Crippen molar-refractivity contribution in [1.29, 1.82) is 10.8 Å². The molecule has 1 aliphatic carbocycles. The topological polar surface area (TPSA) is 172 Å². The van der Waals surface area contributed by atoms with E-state index >= 15 is 0 Å². The van der Waals surface area contributed by atoms with Crippen LogP contribution in [0, 0.1) is 17.7 Å². The highest BCUT2D eigenvalue weighted by atomic mass is 16.5. The number of carbonyl (C=O) groups excluding carboxylic acids is 2. The minimum Gasteiger partial charge on any atom is -0.496 e. The zero-order chi connectivity index (χ0) is 62.4. The Morgan fingerprint density at radius 1 is 0.571 bits per heavy atom. The summed E-state index contributed by atoms with van der Waals surface area (Å²) in [4.78, 5) is 49.4. The predicted molar refractivity (Wildman–Crippen MR) is 346 cm³/mol. The van der Waals surface area contributed by atoms with Gasteiger partial charge in [-0.25, -0.2) is 0 Å². The lowest BCUT2D eigenvalue weighted by Crippen LogP contribution is -2.35. The summed E-state index contributed by atoms with van der Waals surface area (Å²) < 4.78 is 5.28. The molecule has 84 heavy (non-hydrogen) atoms. The van der Waals surface area contributed by atoms with Gasteiger partial charge in [0.05, 0.1) is 18.9 Å². The Labute approximate surface area is 502 Å². The highest BCUT2D eigenvalue weighted by molar-refractivity contribution is 5.97. The van der Waals surface area contributed by atoms with Crippen LogP contribution in [0.25, 0.3) is 22.3 Å². The third-order valence-corrected chi connectivity index (χ3v) is 15.5. The number of carboxylic acid groups (broad SMARTS) is 2. The van der Waals surface area contributed by atoms with Crippen molar-refractivity contribution >= 4 is 35.4 Å². The zero-order valence-electron chi connectivity index (χ0n) is 52.9. The van der Waals surface area contributed by atoms with Gasteiger partial charge in [-0.15, -0.1) is 0 Å². The molecule has 450 valence electrons. The molecule has 1 fully saturated rings. The van der Waals surface area contributed by atoms with Crippen molar-refractivity contribution in [2.45, 2.75) is 183 Å². The Balaban J connectivity index is 0.000000261. The Hall–Kier alpha value is -7.66. The summed E-state index contributed by atoms with van der Waals surface area (Å²) in [5, 5.41) is 35.1. The van der Waals surface area contributed by atoms with Gasteiger partial charge in [0.1, 0.15) is 17.4 Å². The van der Waals surface area contributed by atoms with Crippen LogP contribution in [0.3, 0.4) is 0 Å². The minimum atomic E-state index is -0.899. The first-order valence-corrected chi connectivity index (χ1v) is 30.1. The smallest absolute Gasteiger partial charge is 0.314 e. The lowest BCUT2D eigenvalue weighted by Gasteiger charge is -2.21. The molecule has 0 atom stereocenters. The third-order valence-electron chi connectivity index (χ3n) is 15.5. The van der Waals surface area contributed by atoms with E-state index in [1.807, 2.05) is 76.2 Å². The van der Waals surface area contributed by atoms with E-state index in [9.17, 15) is 24.3 Å². The lowest BCUT2D eigenvalue weighted by molar-refractivity contribution is -0.140. The average molecular weight is 1140 g/mol. The van der Waals surface area contributed by atoms with Crippen LogP contribution in [0.2, 0.25) is 0 Å². The summed E-state index contributed by atoms with van der Waals surface area (Å²) in [6.45, 7) is 27.9. The molecule has 0 heterocycles. The Bertz CT molecular complexity index is 3080. The van der Waals surface area contributed by atoms with Gasteiger partial charge >= 0.3 is 11.9 Å². The Morgan fingerprint density at radius 3 is 1.39 bits per heavy atom. The van der Waals surface area contributed by atoms with Crippen molar-refractivity contribution in [2.75, 3.05) is 20.2 Å². The molecule has 6 aromatic rings. The largest absolute Gasteiger partial charge is 0.496 e. The molecule has 2 amide bonds. The quantitative estimate of drug-likeness (QED) is 0.0435. The summed E-state index contributed by atoms with van der Waals surface area (Å²) in [5.74, 6) is -0.426. The van der Waals surface area contributed by atoms with E-state index in [-0.39, 0.29) is 29.1 Å². The number of rotatable bonds is 20. The first-order valence-electron chi connectivity index (χ1n) is 30.1. The number of methoxy groups -OCH3 is 1. The van der Waals surface area contributed by atoms with Crippen LogP contribution in [0.4, 0.5) is 0 Å². The number of hydrogen-bond donors (Lipinski definition) is 4. The molecule has 4 N–H and O–H groups in total. The molecule has 0 aliphatic heterocycles. The second kappa shape index (κ2) is 32.4. The van der Waals surface area contributed by atoms with Crippen molar-refractivity contribution in [1.82, 2.24) is 9.80 Å². The van der Waals surface area contributed by atoms with Crippen molar-refractivity contribution < 1.29 is 34.1 Å². The first kappa shape index (κ1) is 68.8. The van der Waals surface area contributed by atoms with Crippen LogP contribution < -0.4 is 4.74 Å². The average Bonchev–Trinajstić information content (AvgIpc) is 4.33. The fraction of sp³-hybridized carbons (Fsp3) is 0.425. The van der Waals surface area contributed by atoms with E-state index < -0.39 is 17.4 Å². The van der Waals surface area contributed by atoms with Gasteiger partial charge in [0, 0.05) is 44.8 Å². The van der Waals surface area contributed by atoms with E-state index in [1.165, 1.54) is 51.7 Å². The van der Waals surface area contributed by atoms with E-state index in [1.54, 1.807) is 6.07 Å². The van der Waals surface area contributed by atoms with Crippen LogP contribution in [-0.2, 0) is 67.5 Å². The number of aliphatic carboxylic acids is 2. The third kappa shape index (κ3) is 20.6. The summed E-state index contributed by atoms with van der Waals surface area (Å²) in [6, 6.07) is 45.9. The maximum absolute atomic E-state index is 11.9.